The fourth-order valence-corrected chi connectivity index (χ4v) is 4.21. The molecule has 0 unspecified atom stereocenters. The third-order valence-electron chi connectivity index (χ3n) is 5.43. The second kappa shape index (κ2) is 9.00. The Kier molecular flexibility index (Phi) is 6.43. The number of fused-ring (bicyclic) bond motifs is 1. The smallest absolute Gasteiger partial charge is 0.389 e. The summed E-state index contributed by atoms with van der Waals surface area (Å²) in [5, 5.41) is 18.9. The van der Waals surface area contributed by atoms with Crippen molar-refractivity contribution in [3.05, 3.63) is 74.8 Å². The molecule has 0 saturated carbocycles. The van der Waals surface area contributed by atoms with Crippen LogP contribution in [0.5, 0.6) is 0 Å². The van der Waals surface area contributed by atoms with Crippen molar-refractivity contribution < 1.29 is 23.1 Å². The lowest BCUT2D eigenvalue weighted by molar-refractivity contribution is -0.173. The molecule has 3 atom stereocenters. The molecule has 0 spiro atoms. The minimum absolute atomic E-state index is 0.0623. The predicted molar refractivity (Wildman–Crippen MR) is 122 cm³/mol. The molecule has 0 saturated heterocycles. The Morgan fingerprint density at radius 2 is 1.88 bits per heavy atom. The van der Waals surface area contributed by atoms with Crippen molar-refractivity contribution >= 4 is 44.9 Å². The molecule has 1 aliphatic rings. The maximum absolute atomic E-state index is 13.9. The van der Waals surface area contributed by atoms with E-state index in [9.17, 15) is 23.1 Å². The van der Waals surface area contributed by atoms with E-state index >= 15 is 0 Å². The first-order chi connectivity index (χ1) is 15.5. The summed E-state index contributed by atoms with van der Waals surface area (Å²) < 4.78 is 43.3. The van der Waals surface area contributed by atoms with Crippen molar-refractivity contribution in [1.82, 2.24) is 9.78 Å². The van der Waals surface area contributed by atoms with E-state index in [0.29, 0.717) is 16.8 Å². The number of rotatable bonds is 4. The molecule has 4 rings (SSSR count). The van der Waals surface area contributed by atoms with E-state index in [1.807, 2.05) is 0 Å². The molecular formula is C22H19BrClF3N4O2. The van der Waals surface area contributed by atoms with E-state index in [2.05, 4.69) is 31.7 Å². The first-order valence-electron chi connectivity index (χ1n) is 10.0. The molecule has 0 aliphatic carbocycles. The molecule has 1 aromatic heterocycles. The quantitative estimate of drug-likeness (QED) is 0.363. The van der Waals surface area contributed by atoms with E-state index in [1.165, 1.54) is 0 Å². The molecule has 11 heteroatoms. The summed E-state index contributed by atoms with van der Waals surface area (Å²) >= 11 is 9.66. The van der Waals surface area contributed by atoms with Gasteiger partial charge in [0.2, 0.25) is 0 Å². The second-order valence-electron chi connectivity index (χ2n) is 7.75. The lowest BCUT2D eigenvalue weighted by atomic mass is 9.97. The largest absolute Gasteiger partial charge is 0.410 e. The predicted octanol–water partition coefficient (Wildman–Crippen LogP) is 6.26. The maximum atomic E-state index is 13.9. The normalized spacial score (nSPS) is 18.9. The molecule has 1 amide bonds. The Morgan fingerprint density at radius 1 is 1.24 bits per heavy atom. The van der Waals surface area contributed by atoms with Crippen LogP contribution < -0.4 is 10.6 Å². The number of amides is 1. The minimum atomic E-state index is -4.59. The lowest BCUT2D eigenvalue weighted by Crippen LogP contribution is -2.35. The number of anilines is 2. The zero-order valence-electron chi connectivity index (χ0n) is 17.2. The standard InChI is InChI=1S/C22H19BrClF3N4O2/c1-11(32)12-4-8-15(9-5-12)28-21(33)19-18(24)20-29-16(13-2-6-14(23)7-3-13)10-17(22(25,26)27)31(20)30-19/h2-9,11,16-17,29,32H,10H2,1H3,(H,28,33)/t11-,16-,17-/m0/s1. The fourth-order valence-electron chi connectivity index (χ4n) is 3.68. The number of benzene rings is 2. The molecule has 2 aromatic carbocycles. The fraction of sp³-hybridized carbons (Fsp3) is 0.273. The molecule has 6 nitrogen and oxygen atoms in total. The van der Waals surface area contributed by atoms with E-state index < -0.39 is 30.3 Å². The highest BCUT2D eigenvalue weighted by atomic mass is 79.9. The van der Waals surface area contributed by atoms with Gasteiger partial charge in [-0.25, -0.2) is 4.68 Å². The number of aliphatic hydroxyl groups is 1. The molecule has 0 fully saturated rings. The van der Waals surface area contributed by atoms with Gasteiger partial charge in [0.05, 0.1) is 12.1 Å². The van der Waals surface area contributed by atoms with E-state index in [0.717, 1.165) is 9.15 Å². The van der Waals surface area contributed by atoms with Crippen LogP contribution in [-0.2, 0) is 0 Å². The van der Waals surface area contributed by atoms with Crippen molar-refractivity contribution in [2.45, 2.75) is 37.7 Å². The van der Waals surface area contributed by atoms with Gasteiger partial charge in [-0.1, -0.05) is 51.8 Å². The summed E-state index contributed by atoms with van der Waals surface area (Å²) in [7, 11) is 0. The molecule has 2 heterocycles. The van der Waals surface area contributed by atoms with Crippen LogP contribution in [-0.4, -0.2) is 27.0 Å². The number of nitrogens with zero attached hydrogens (tertiary/aromatic N) is 2. The number of halogens is 5. The Balaban J connectivity index is 1.65. The number of hydrogen-bond donors (Lipinski definition) is 3. The first-order valence-corrected chi connectivity index (χ1v) is 11.2. The summed E-state index contributed by atoms with van der Waals surface area (Å²) in [6.45, 7) is 1.61. The van der Waals surface area contributed by atoms with Crippen molar-refractivity contribution in [2.24, 2.45) is 0 Å². The molecule has 3 aromatic rings. The van der Waals surface area contributed by atoms with Crippen LogP contribution in [0.25, 0.3) is 0 Å². The van der Waals surface area contributed by atoms with Gasteiger partial charge in [-0.2, -0.15) is 18.3 Å². The Hall–Kier alpha value is -2.56. The summed E-state index contributed by atoms with van der Waals surface area (Å²) in [5.74, 6) is -0.803. The van der Waals surface area contributed by atoms with Crippen LogP contribution in [0.1, 0.15) is 53.1 Å². The molecule has 3 N–H and O–H groups in total. The number of carbonyl (C=O) groups is 1. The van der Waals surface area contributed by atoms with Crippen LogP contribution in [0.2, 0.25) is 5.02 Å². The molecule has 0 radical (unpaired) electrons. The van der Waals surface area contributed by atoms with Crippen molar-refractivity contribution in [3.8, 4) is 0 Å². The van der Waals surface area contributed by atoms with Gasteiger partial charge in [0.1, 0.15) is 10.8 Å². The van der Waals surface area contributed by atoms with Gasteiger partial charge in [0.15, 0.2) is 11.7 Å². The zero-order chi connectivity index (χ0) is 23.9. The SMILES string of the molecule is C[C@H](O)c1ccc(NC(=O)c2nn3c(c2Cl)N[C@H](c2ccc(Br)cc2)C[C@H]3C(F)(F)F)cc1. The Bertz CT molecular complexity index is 1160. The topological polar surface area (TPSA) is 79.2 Å². The zero-order valence-corrected chi connectivity index (χ0v) is 19.5. The molecule has 0 bridgehead atoms. The van der Waals surface area contributed by atoms with Crippen molar-refractivity contribution in [3.63, 3.8) is 0 Å². The average Bonchev–Trinajstić information content (AvgIpc) is 3.10. The van der Waals surface area contributed by atoms with Crippen LogP contribution in [0.4, 0.5) is 24.7 Å². The van der Waals surface area contributed by atoms with Gasteiger partial charge >= 0.3 is 6.18 Å². The second-order valence-corrected chi connectivity index (χ2v) is 9.04. The van der Waals surface area contributed by atoms with Gasteiger partial charge in [-0.15, -0.1) is 0 Å². The summed E-state index contributed by atoms with van der Waals surface area (Å²) in [6, 6.07) is 10.7. The number of aliphatic hydroxyl groups excluding tert-OH is 1. The van der Waals surface area contributed by atoms with Crippen LogP contribution in [0.3, 0.4) is 0 Å². The number of carbonyl (C=O) groups excluding carboxylic acids is 1. The maximum Gasteiger partial charge on any atom is 0.410 e. The summed E-state index contributed by atoms with van der Waals surface area (Å²) in [6.07, 6.45) is -5.57. The van der Waals surface area contributed by atoms with E-state index in [4.69, 9.17) is 11.6 Å². The third kappa shape index (κ3) is 4.87. The average molecular weight is 544 g/mol. The van der Waals surface area contributed by atoms with Gasteiger partial charge < -0.3 is 15.7 Å². The first kappa shape index (κ1) is 23.6. The number of aromatic nitrogens is 2. The highest BCUT2D eigenvalue weighted by molar-refractivity contribution is 9.10. The monoisotopic (exact) mass is 542 g/mol. The highest BCUT2D eigenvalue weighted by Gasteiger charge is 2.47. The number of nitrogens with one attached hydrogen (secondary N) is 2. The third-order valence-corrected chi connectivity index (χ3v) is 6.32. The van der Waals surface area contributed by atoms with Gasteiger partial charge in [-0.05, 0) is 42.3 Å². The van der Waals surface area contributed by atoms with Crippen LogP contribution in [0.15, 0.2) is 53.0 Å². The highest BCUT2D eigenvalue weighted by Crippen LogP contribution is 2.46. The molecule has 1 aliphatic heterocycles. The van der Waals surface area contributed by atoms with Gasteiger partial charge in [0, 0.05) is 16.6 Å². The lowest BCUT2D eigenvalue weighted by Gasteiger charge is -2.33. The number of hydrogen-bond acceptors (Lipinski definition) is 4. The van der Waals surface area contributed by atoms with E-state index in [-0.39, 0.29) is 23.0 Å². The number of alkyl halides is 3. The summed E-state index contributed by atoms with van der Waals surface area (Å²) in [5.41, 5.74) is 1.38. The van der Waals surface area contributed by atoms with Gasteiger partial charge in [-0.3, -0.25) is 4.79 Å². The van der Waals surface area contributed by atoms with Crippen molar-refractivity contribution in [1.29, 1.82) is 0 Å². The molecule has 33 heavy (non-hydrogen) atoms. The molecular weight excluding hydrogens is 525 g/mol. The minimum Gasteiger partial charge on any atom is -0.389 e. The Labute approximate surface area is 200 Å². The van der Waals surface area contributed by atoms with Crippen LogP contribution in [0, 0.1) is 0 Å². The van der Waals surface area contributed by atoms with Crippen molar-refractivity contribution in [2.75, 3.05) is 10.6 Å². The molecule has 174 valence electrons. The van der Waals surface area contributed by atoms with Crippen LogP contribution >= 0.6 is 27.5 Å². The Morgan fingerprint density at radius 3 is 2.45 bits per heavy atom. The van der Waals surface area contributed by atoms with E-state index in [1.54, 1.807) is 55.5 Å². The summed E-state index contributed by atoms with van der Waals surface area (Å²) in [4.78, 5) is 12.8. The van der Waals surface area contributed by atoms with Gasteiger partial charge in [0.25, 0.3) is 5.91 Å².